The minimum absolute atomic E-state index is 0.296. The van der Waals surface area contributed by atoms with Crippen LogP contribution in [0.2, 0.25) is 0 Å². The lowest BCUT2D eigenvalue weighted by Gasteiger charge is -2.20. The number of nitriles is 1. The van der Waals surface area contributed by atoms with Gasteiger partial charge in [0.2, 0.25) is 5.88 Å². The molecule has 0 saturated carbocycles. The molecule has 1 aliphatic rings. The fraction of sp³-hybridized carbons (Fsp3) is 0.156. The summed E-state index contributed by atoms with van der Waals surface area (Å²) in [6.45, 7) is 3.94. The normalized spacial score (nSPS) is 13.3. The summed E-state index contributed by atoms with van der Waals surface area (Å²) in [5, 5.41) is 15.1. The van der Waals surface area contributed by atoms with Crippen molar-refractivity contribution >= 4 is 17.9 Å². The molecule has 1 saturated heterocycles. The van der Waals surface area contributed by atoms with Crippen LogP contribution >= 0.6 is 0 Å². The number of hydrogen-bond donors (Lipinski definition) is 0. The van der Waals surface area contributed by atoms with Gasteiger partial charge in [0.25, 0.3) is 0 Å². The topological polar surface area (TPSA) is 70.3 Å². The summed E-state index contributed by atoms with van der Waals surface area (Å²) in [5.41, 5.74) is 5.79. The summed E-state index contributed by atoms with van der Waals surface area (Å²) in [4.78, 5) is 7.15. The molecular formula is C32H27N5O. The van der Waals surface area contributed by atoms with Gasteiger partial charge in [-0.25, -0.2) is 9.67 Å². The van der Waals surface area contributed by atoms with Gasteiger partial charge in [-0.3, -0.25) is 0 Å². The van der Waals surface area contributed by atoms with Gasteiger partial charge in [0, 0.05) is 30.4 Å². The average molecular weight is 498 g/mol. The van der Waals surface area contributed by atoms with E-state index >= 15 is 0 Å². The van der Waals surface area contributed by atoms with E-state index in [2.05, 4.69) is 23.1 Å². The lowest BCUT2D eigenvalue weighted by molar-refractivity contribution is 0.593. The van der Waals surface area contributed by atoms with Crippen molar-refractivity contribution in [2.75, 3.05) is 18.0 Å². The van der Waals surface area contributed by atoms with E-state index in [0.29, 0.717) is 17.2 Å². The van der Waals surface area contributed by atoms with Crippen LogP contribution in [0.5, 0.6) is 0 Å². The van der Waals surface area contributed by atoms with Crippen LogP contribution in [-0.2, 0) is 0 Å². The van der Waals surface area contributed by atoms with Gasteiger partial charge < -0.3 is 9.32 Å². The Hall–Kier alpha value is -4.89. The third kappa shape index (κ3) is 4.29. The Kier molecular flexibility index (Phi) is 6.33. The first-order valence-electron chi connectivity index (χ1n) is 12.9. The van der Waals surface area contributed by atoms with Crippen LogP contribution < -0.4 is 4.90 Å². The van der Waals surface area contributed by atoms with Crippen LogP contribution in [0.15, 0.2) is 100 Å². The van der Waals surface area contributed by atoms with E-state index in [0.717, 1.165) is 65.4 Å². The van der Waals surface area contributed by atoms with Gasteiger partial charge >= 0.3 is 0 Å². The van der Waals surface area contributed by atoms with Gasteiger partial charge in [-0.2, -0.15) is 10.4 Å². The van der Waals surface area contributed by atoms with Gasteiger partial charge in [0.1, 0.15) is 23.2 Å². The Morgan fingerprint density at radius 3 is 2.11 bits per heavy atom. The minimum atomic E-state index is 0.296. The van der Waals surface area contributed by atoms with E-state index < -0.39 is 0 Å². The van der Waals surface area contributed by atoms with Crippen LogP contribution in [0.25, 0.3) is 28.1 Å². The molecule has 0 radical (unpaired) electrons. The molecule has 3 heterocycles. The monoisotopic (exact) mass is 497 g/mol. The molecule has 2 aromatic heterocycles. The lowest BCUT2D eigenvalue weighted by atomic mass is 9.98. The maximum atomic E-state index is 10.2. The van der Waals surface area contributed by atoms with Crippen LogP contribution in [0.4, 0.5) is 11.7 Å². The number of benzene rings is 3. The van der Waals surface area contributed by atoms with Crippen molar-refractivity contribution < 1.29 is 4.42 Å². The summed E-state index contributed by atoms with van der Waals surface area (Å²) in [7, 11) is 0. The fourth-order valence-corrected chi connectivity index (χ4v) is 5.07. The minimum Gasteiger partial charge on any atom is -0.436 e. The maximum Gasteiger partial charge on any atom is 0.238 e. The number of para-hydroxylation sites is 1. The standard InChI is InChI=1S/C32H27N5O/c1-23-28(32(36-19-11-12-20-36)37(35-23)26-17-9-4-10-18-26)22-34-31-27(21-33)29(24-13-5-2-6-14-24)30(38-31)25-15-7-3-8-16-25/h2-10,13-18,22H,11-12,19-20H2,1H3. The molecular weight excluding hydrogens is 470 g/mol. The molecule has 0 spiro atoms. The number of aromatic nitrogens is 2. The molecule has 38 heavy (non-hydrogen) atoms. The highest BCUT2D eigenvalue weighted by Crippen LogP contribution is 2.42. The Morgan fingerprint density at radius 2 is 1.47 bits per heavy atom. The summed E-state index contributed by atoms with van der Waals surface area (Å²) in [6, 6.07) is 32.3. The van der Waals surface area contributed by atoms with E-state index in [1.54, 1.807) is 6.21 Å². The van der Waals surface area contributed by atoms with Crippen molar-refractivity contribution in [1.29, 1.82) is 5.26 Å². The predicted molar refractivity (Wildman–Crippen MR) is 151 cm³/mol. The SMILES string of the molecule is Cc1nn(-c2ccccc2)c(N2CCCC2)c1C=Nc1oc(-c2ccccc2)c(-c2ccccc2)c1C#N. The third-order valence-electron chi connectivity index (χ3n) is 6.90. The summed E-state index contributed by atoms with van der Waals surface area (Å²) >= 11 is 0. The van der Waals surface area contributed by atoms with Crippen LogP contribution in [0.3, 0.4) is 0 Å². The molecule has 5 aromatic rings. The quantitative estimate of drug-likeness (QED) is 0.230. The van der Waals surface area contributed by atoms with Crippen molar-refractivity contribution in [3.05, 3.63) is 108 Å². The largest absolute Gasteiger partial charge is 0.436 e. The van der Waals surface area contributed by atoms with Crippen molar-refractivity contribution in [2.24, 2.45) is 4.99 Å². The van der Waals surface area contributed by atoms with E-state index in [4.69, 9.17) is 14.5 Å². The molecule has 6 nitrogen and oxygen atoms in total. The number of nitrogens with zero attached hydrogens (tertiary/aromatic N) is 5. The number of rotatable bonds is 6. The maximum absolute atomic E-state index is 10.2. The van der Waals surface area contributed by atoms with Gasteiger partial charge in [-0.15, -0.1) is 0 Å². The van der Waals surface area contributed by atoms with E-state index in [1.807, 2.05) is 90.5 Å². The van der Waals surface area contributed by atoms with Crippen molar-refractivity contribution in [3.8, 4) is 34.2 Å². The molecule has 3 aromatic carbocycles. The highest BCUT2D eigenvalue weighted by molar-refractivity contribution is 5.93. The fourth-order valence-electron chi connectivity index (χ4n) is 5.07. The first-order chi connectivity index (χ1) is 18.7. The Morgan fingerprint density at radius 1 is 0.868 bits per heavy atom. The molecule has 0 bridgehead atoms. The highest BCUT2D eigenvalue weighted by atomic mass is 16.4. The molecule has 0 N–H and O–H groups in total. The first-order valence-corrected chi connectivity index (χ1v) is 12.9. The Labute approximate surface area is 222 Å². The second-order valence-electron chi connectivity index (χ2n) is 9.35. The summed E-state index contributed by atoms with van der Waals surface area (Å²) in [5.74, 6) is 1.95. The van der Waals surface area contributed by atoms with Gasteiger partial charge in [0.05, 0.1) is 16.9 Å². The van der Waals surface area contributed by atoms with Crippen LogP contribution in [-0.4, -0.2) is 29.1 Å². The number of aliphatic imine (C=N–C) groups is 1. The molecule has 0 atom stereocenters. The number of hydrogen-bond acceptors (Lipinski definition) is 5. The first kappa shape index (κ1) is 23.5. The summed E-state index contributed by atoms with van der Waals surface area (Å²) in [6.07, 6.45) is 4.10. The number of anilines is 1. The smallest absolute Gasteiger partial charge is 0.238 e. The third-order valence-corrected chi connectivity index (χ3v) is 6.90. The zero-order valence-corrected chi connectivity index (χ0v) is 21.2. The van der Waals surface area contributed by atoms with Gasteiger partial charge in [0.15, 0.2) is 0 Å². The van der Waals surface area contributed by atoms with Gasteiger partial charge in [-0.05, 0) is 37.5 Å². The number of aryl methyl sites for hydroxylation is 1. The zero-order valence-electron chi connectivity index (χ0n) is 21.2. The molecule has 186 valence electrons. The Balaban J connectivity index is 1.50. The molecule has 0 unspecified atom stereocenters. The highest BCUT2D eigenvalue weighted by Gasteiger charge is 2.25. The average Bonchev–Trinajstić information content (AvgIpc) is 3.70. The van der Waals surface area contributed by atoms with E-state index in [1.165, 1.54) is 0 Å². The van der Waals surface area contributed by atoms with Crippen molar-refractivity contribution in [2.45, 2.75) is 19.8 Å². The second-order valence-corrected chi connectivity index (χ2v) is 9.35. The van der Waals surface area contributed by atoms with Crippen LogP contribution in [0.1, 0.15) is 29.7 Å². The Bertz CT molecular complexity index is 1620. The molecule has 0 amide bonds. The predicted octanol–water partition coefficient (Wildman–Crippen LogP) is 7.33. The lowest BCUT2D eigenvalue weighted by Crippen LogP contribution is -2.22. The number of furan rings is 1. The van der Waals surface area contributed by atoms with Crippen molar-refractivity contribution in [3.63, 3.8) is 0 Å². The molecule has 6 rings (SSSR count). The van der Waals surface area contributed by atoms with Crippen LogP contribution in [0, 0.1) is 18.3 Å². The zero-order chi connectivity index (χ0) is 25.9. The summed E-state index contributed by atoms with van der Waals surface area (Å²) < 4.78 is 8.33. The second kappa shape index (κ2) is 10.2. The molecule has 6 heteroatoms. The molecule has 1 aliphatic heterocycles. The van der Waals surface area contributed by atoms with E-state index in [9.17, 15) is 5.26 Å². The molecule has 1 fully saturated rings. The van der Waals surface area contributed by atoms with Gasteiger partial charge in [-0.1, -0.05) is 78.9 Å². The molecule has 0 aliphatic carbocycles. The van der Waals surface area contributed by atoms with Crippen molar-refractivity contribution in [1.82, 2.24) is 9.78 Å². The van der Waals surface area contributed by atoms with E-state index in [-0.39, 0.29) is 0 Å².